The normalized spacial score (nSPS) is 25.3. The molecule has 2 aromatic rings. The van der Waals surface area contributed by atoms with Crippen LogP contribution in [-0.2, 0) is 4.74 Å². The lowest BCUT2D eigenvalue weighted by molar-refractivity contribution is 0.0665. The second-order valence-electron chi connectivity index (χ2n) is 8.82. The smallest absolute Gasteiger partial charge is 0.226 e. The summed E-state index contributed by atoms with van der Waals surface area (Å²) < 4.78 is 23.3. The Morgan fingerprint density at radius 2 is 1.87 bits per heavy atom. The van der Waals surface area contributed by atoms with Crippen molar-refractivity contribution in [3.05, 3.63) is 24.4 Å². The minimum atomic E-state index is 0.124. The molecule has 1 saturated heterocycles. The van der Waals surface area contributed by atoms with E-state index in [9.17, 15) is 0 Å². The monoisotopic (exact) mass is 425 g/mol. The number of aromatic nitrogens is 2. The molecule has 0 spiro atoms. The average molecular weight is 426 g/mol. The Morgan fingerprint density at radius 1 is 1.03 bits per heavy atom. The van der Waals surface area contributed by atoms with E-state index < -0.39 is 0 Å². The second kappa shape index (κ2) is 9.30. The van der Waals surface area contributed by atoms with Crippen molar-refractivity contribution in [3.8, 4) is 28.5 Å². The van der Waals surface area contributed by atoms with Gasteiger partial charge in [0.05, 0.1) is 11.7 Å². The molecule has 5 rings (SSSR count). The highest BCUT2D eigenvalue weighted by atomic mass is 16.6. The summed E-state index contributed by atoms with van der Waals surface area (Å²) in [4.78, 5) is 9.38. The Labute approximate surface area is 183 Å². The number of nitrogens with zero attached hydrogens (tertiary/aromatic N) is 2. The molecule has 31 heavy (non-hydrogen) atoms. The quantitative estimate of drug-likeness (QED) is 0.732. The number of benzene rings is 1. The molecule has 0 unspecified atom stereocenters. The van der Waals surface area contributed by atoms with Crippen molar-refractivity contribution in [3.63, 3.8) is 0 Å². The van der Waals surface area contributed by atoms with Crippen LogP contribution in [0.4, 0.5) is 5.95 Å². The van der Waals surface area contributed by atoms with Crippen molar-refractivity contribution in [1.82, 2.24) is 9.97 Å². The van der Waals surface area contributed by atoms with Gasteiger partial charge in [0.1, 0.15) is 19.8 Å². The molecule has 0 radical (unpaired) electrons. The summed E-state index contributed by atoms with van der Waals surface area (Å²) in [7, 11) is 0. The molecule has 2 aliphatic heterocycles. The van der Waals surface area contributed by atoms with Crippen LogP contribution in [0.1, 0.15) is 45.4 Å². The first-order valence-corrected chi connectivity index (χ1v) is 11.5. The number of hydrogen-bond donors (Lipinski definition) is 1. The van der Waals surface area contributed by atoms with Crippen LogP contribution in [0.15, 0.2) is 24.4 Å². The standard InChI is InChI=1S/C24H31N3O4/c1-16-4-7-18(8-5-16)26-24-25-14-20(23(27-24)31-15-19-3-2-10-28-19)17-6-9-21-22(13-17)30-12-11-29-21/h6,9,13-14,16,18-19H,2-5,7-8,10-12,15H2,1H3,(H,25,26,27)/t16-,18-,19-/m1/s1. The van der Waals surface area contributed by atoms with Crippen molar-refractivity contribution in [2.45, 2.75) is 57.6 Å². The molecule has 1 N–H and O–H groups in total. The fourth-order valence-electron chi connectivity index (χ4n) is 4.49. The highest BCUT2D eigenvalue weighted by Gasteiger charge is 2.22. The molecule has 1 aromatic heterocycles. The number of hydrogen-bond acceptors (Lipinski definition) is 7. The minimum Gasteiger partial charge on any atom is -0.486 e. The molecule has 1 atom stereocenters. The molecule has 2 fully saturated rings. The fourth-order valence-corrected chi connectivity index (χ4v) is 4.49. The predicted molar refractivity (Wildman–Crippen MR) is 118 cm³/mol. The summed E-state index contributed by atoms with van der Waals surface area (Å²) in [5.74, 6) is 3.52. The van der Waals surface area contributed by atoms with Gasteiger partial charge in [0.25, 0.3) is 0 Å². The minimum absolute atomic E-state index is 0.124. The van der Waals surface area contributed by atoms with Crippen molar-refractivity contribution in [2.24, 2.45) is 5.92 Å². The Kier molecular flexibility index (Phi) is 6.11. The van der Waals surface area contributed by atoms with Crippen LogP contribution in [0.25, 0.3) is 11.1 Å². The van der Waals surface area contributed by atoms with Gasteiger partial charge in [0.15, 0.2) is 11.5 Å². The van der Waals surface area contributed by atoms with Gasteiger partial charge >= 0.3 is 0 Å². The summed E-state index contributed by atoms with van der Waals surface area (Å²) >= 11 is 0. The second-order valence-corrected chi connectivity index (χ2v) is 8.82. The third-order valence-corrected chi connectivity index (χ3v) is 6.39. The zero-order chi connectivity index (χ0) is 21.0. The lowest BCUT2D eigenvalue weighted by Crippen LogP contribution is -2.26. The van der Waals surface area contributed by atoms with Gasteiger partial charge in [-0.2, -0.15) is 4.98 Å². The molecule has 1 saturated carbocycles. The maximum absolute atomic E-state index is 6.18. The number of rotatable bonds is 6. The molecular weight excluding hydrogens is 394 g/mol. The third-order valence-electron chi connectivity index (χ3n) is 6.39. The van der Waals surface area contributed by atoms with Crippen LogP contribution in [0.5, 0.6) is 17.4 Å². The lowest BCUT2D eigenvalue weighted by atomic mass is 9.87. The van der Waals surface area contributed by atoms with Gasteiger partial charge < -0.3 is 24.3 Å². The summed E-state index contributed by atoms with van der Waals surface area (Å²) in [6.45, 7) is 4.75. The molecule has 7 heteroatoms. The molecule has 0 amide bonds. The zero-order valence-corrected chi connectivity index (χ0v) is 18.1. The predicted octanol–water partition coefficient (Wildman–Crippen LogP) is 4.46. The van der Waals surface area contributed by atoms with Crippen LogP contribution >= 0.6 is 0 Å². The van der Waals surface area contributed by atoms with Crippen LogP contribution in [-0.4, -0.2) is 48.5 Å². The zero-order valence-electron chi connectivity index (χ0n) is 18.1. The SMILES string of the molecule is C[C@H]1CC[C@H](Nc2ncc(-c3ccc4c(c3)OCCO4)c(OC[C@H]3CCCO3)n2)CC1. The lowest BCUT2D eigenvalue weighted by Gasteiger charge is -2.27. The largest absolute Gasteiger partial charge is 0.486 e. The topological polar surface area (TPSA) is 74.7 Å². The Balaban J connectivity index is 1.39. The van der Waals surface area contributed by atoms with Crippen molar-refractivity contribution >= 4 is 5.95 Å². The Morgan fingerprint density at radius 3 is 2.68 bits per heavy atom. The van der Waals surface area contributed by atoms with Crippen LogP contribution in [0.2, 0.25) is 0 Å². The first kappa shape index (κ1) is 20.4. The van der Waals surface area contributed by atoms with Crippen LogP contribution in [0, 0.1) is 5.92 Å². The van der Waals surface area contributed by atoms with Gasteiger partial charge in [0, 0.05) is 18.8 Å². The van der Waals surface area contributed by atoms with Crippen LogP contribution in [0.3, 0.4) is 0 Å². The van der Waals surface area contributed by atoms with Gasteiger partial charge in [0.2, 0.25) is 11.8 Å². The van der Waals surface area contributed by atoms with Crippen LogP contribution < -0.4 is 19.5 Å². The Bertz CT molecular complexity index is 892. The number of fused-ring (bicyclic) bond motifs is 1. The van der Waals surface area contributed by atoms with Crippen molar-refractivity contribution < 1.29 is 18.9 Å². The van der Waals surface area contributed by atoms with Crippen molar-refractivity contribution in [1.29, 1.82) is 0 Å². The first-order valence-electron chi connectivity index (χ1n) is 11.5. The number of ether oxygens (including phenoxy) is 4. The number of anilines is 1. The van der Waals surface area contributed by atoms with E-state index in [0.717, 1.165) is 60.8 Å². The third kappa shape index (κ3) is 4.87. The van der Waals surface area contributed by atoms with E-state index in [2.05, 4.69) is 17.2 Å². The van der Waals surface area contributed by atoms with E-state index in [-0.39, 0.29) is 6.10 Å². The maximum atomic E-state index is 6.18. The van der Waals surface area contributed by atoms with Gasteiger partial charge in [-0.25, -0.2) is 4.98 Å². The van der Waals surface area contributed by atoms with E-state index in [0.29, 0.717) is 37.7 Å². The average Bonchev–Trinajstić information content (AvgIpc) is 3.33. The highest BCUT2D eigenvalue weighted by Crippen LogP contribution is 2.37. The molecule has 3 aliphatic rings. The molecule has 3 heterocycles. The maximum Gasteiger partial charge on any atom is 0.226 e. The molecular formula is C24H31N3O4. The fraction of sp³-hybridized carbons (Fsp3) is 0.583. The van der Waals surface area contributed by atoms with Gasteiger partial charge in [-0.05, 0) is 62.1 Å². The highest BCUT2D eigenvalue weighted by molar-refractivity contribution is 5.71. The van der Waals surface area contributed by atoms with E-state index in [1.54, 1.807) is 0 Å². The number of nitrogens with one attached hydrogen (secondary N) is 1. The summed E-state index contributed by atoms with van der Waals surface area (Å²) in [6, 6.07) is 6.33. The van der Waals surface area contributed by atoms with E-state index in [1.165, 1.54) is 12.8 Å². The van der Waals surface area contributed by atoms with E-state index in [1.807, 2.05) is 24.4 Å². The molecule has 1 aliphatic carbocycles. The van der Waals surface area contributed by atoms with Gasteiger partial charge in [-0.3, -0.25) is 0 Å². The summed E-state index contributed by atoms with van der Waals surface area (Å²) in [5.41, 5.74) is 1.79. The first-order chi connectivity index (χ1) is 15.2. The van der Waals surface area contributed by atoms with E-state index >= 15 is 0 Å². The van der Waals surface area contributed by atoms with Gasteiger partial charge in [-0.1, -0.05) is 13.0 Å². The molecule has 0 bridgehead atoms. The summed E-state index contributed by atoms with van der Waals surface area (Å²) in [5, 5.41) is 3.52. The molecule has 7 nitrogen and oxygen atoms in total. The van der Waals surface area contributed by atoms with E-state index in [4.69, 9.17) is 23.9 Å². The summed E-state index contributed by atoms with van der Waals surface area (Å²) in [6.07, 6.45) is 8.87. The van der Waals surface area contributed by atoms with Crippen molar-refractivity contribution in [2.75, 3.05) is 31.7 Å². The molecule has 166 valence electrons. The Hall–Kier alpha value is -2.54. The molecule has 1 aromatic carbocycles. The van der Waals surface area contributed by atoms with Gasteiger partial charge in [-0.15, -0.1) is 0 Å².